The number of hydrogen-bond acceptors (Lipinski definition) is 1. The van der Waals surface area contributed by atoms with E-state index in [-0.39, 0.29) is 31.0 Å². The molecule has 3 heteroatoms. The molecule has 0 aliphatic rings. The van der Waals surface area contributed by atoms with E-state index in [4.69, 9.17) is 5.11 Å². The summed E-state index contributed by atoms with van der Waals surface area (Å²) in [6, 6.07) is 0. The Kier molecular flexibility index (Phi) is 26.0. The van der Waals surface area contributed by atoms with Gasteiger partial charge < -0.3 is 6.53 Å². The summed E-state index contributed by atoms with van der Waals surface area (Å²) in [6.07, 6.45) is 4.11. The average Bonchev–Trinajstić information content (AvgIpc) is 1.89. The summed E-state index contributed by atoms with van der Waals surface area (Å²) in [4.78, 5) is 9.25. The van der Waals surface area contributed by atoms with Gasteiger partial charge in [0.15, 0.2) is 0 Å². The Morgan fingerprint density at radius 3 is 1.50 bits per heavy atom. The van der Waals surface area contributed by atoms with Crippen LogP contribution in [0.5, 0.6) is 0 Å². The molecule has 0 saturated carbocycles. The Morgan fingerprint density at radius 1 is 1.30 bits per heavy atom. The summed E-state index contributed by atoms with van der Waals surface area (Å²) in [6.45, 7) is 9.68. The van der Waals surface area contributed by atoms with E-state index in [1.807, 2.05) is 0 Å². The third-order valence-corrected chi connectivity index (χ3v) is 0.341. The van der Waals surface area contributed by atoms with Crippen LogP contribution in [0, 0.1) is 0 Å². The van der Waals surface area contributed by atoms with Gasteiger partial charge in [-0.2, -0.15) is 0 Å². The molecule has 0 aromatic carbocycles. The minimum Gasteiger partial charge on any atom is -1.00 e. The van der Waals surface area contributed by atoms with Crippen LogP contribution in [-0.2, 0) is 4.79 Å². The van der Waals surface area contributed by atoms with E-state index >= 15 is 0 Å². The molecule has 0 aliphatic heterocycles. The Hall–Kier alpha value is -0.310. The van der Waals surface area contributed by atoms with Crippen LogP contribution in [-0.4, -0.2) is 11.1 Å². The number of hydrogen-bond donors (Lipinski definition) is 1. The van der Waals surface area contributed by atoms with Gasteiger partial charge in [0, 0.05) is 6.08 Å². The molecular formula is C7H11NaO2. The third-order valence-electron chi connectivity index (χ3n) is 0.341. The van der Waals surface area contributed by atoms with Crippen molar-refractivity contribution in [3.63, 3.8) is 0 Å². The largest absolute Gasteiger partial charge is 1.00 e. The second-order valence-electron chi connectivity index (χ2n) is 1.01. The summed E-state index contributed by atoms with van der Waals surface area (Å²) in [7, 11) is 0. The van der Waals surface area contributed by atoms with Crippen LogP contribution in [0.25, 0.3) is 0 Å². The molecule has 0 fully saturated rings. The van der Waals surface area contributed by atoms with E-state index in [1.54, 1.807) is 12.2 Å². The first-order valence-electron chi connectivity index (χ1n) is 2.27. The van der Waals surface area contributed by atoms with Crippen molar-refractivity contribution < 1.29 is 40.9 Å². The Balaban J connectivity index is -0.0000000383. The zero-order chi connectivity index (χ0) is 7.70. The monoisotopic (exact) mass is 150 g/mol. The van der Waals surface area contributed by atoms with Crippen molar-refractivity contribution >= 4 is 5.97 Å². The van der Waals surface area contributed by atoms with Crippen molar-refractivity contribution in [3.05, 3.63) is 38.0 Å². The molecule has 2 nitrogen and oxygen atoms in total. The van der Waals surface area contributed by atoms with Gasteiger partial charge in [-0.05, 0) is 0 Å². The van der Waals surface area contributed by atoms with Crippen molar-refractivity contribution in [1.82, 2.24) is 0 Å². The summed E-state index contributed by atoms with van der Waals surface area (Å²) in [5.41, 5.74) is 0. The van der Waals surface area contributed by atoms with Crippen LogP contribution in [0.1, 0.15) is 1.43 Å². The molecule has 1 N–H and O–H groups in total. The third kappa shape index (κ3) is 47.6. The van der Waals surface area contributed by atoms with Crippen LogP contribution < -0.4 is 29.6 Å². The maximum Gasteiger partial charge on any atom is 1.00 e. The average molecular weight is 150 g/mol. The predicted molar refractivity (Wildman–Crippen MR) is 39.3 cm³/mol. The van der Waals surface area contributed by atoms with Crippen LogP contribution in [0.4, 0.5) is 0 Å². The zero-order valence-corrected chi connectivity index (χ0v) is 8.21. The van der Waals surface area contributed by atoms with Crippen molar-refractivity contribution in [2.45, 2.75) is 0 Å². The molecule has 0 aliphatic carbocycles. The van der Waals surface area contributed by atoms with Crippen LogP contribution >= 0.6 is 0 Å². The normalized spacial score (nSPS) is 5.20. The van der Waals surface area contributed by atoms with Crippen LogP contribution in [0.15, 0.2) is 38.0 Å². The fraction of sp³-hybridized carbons (Fsp3) is 0. The summed E-state index contributed by atoms with van der Waals surface area (Å²) in [5, 5.41) is 7.60. The molecule has 0 heterocycles. The van der Waals surface area contributed by atoms with Crippen LogP contribution in [0.3, 0.4) is 0 Å². The molecule has 52 valence electrons. The predicted octanol–water partition coefficient (Wildman–Crippen LogP) is -1.27. The quantitative estimate of drug-likeness (QED) is 0.303. The number of allylic oxidation sites excluding steroid dienone is 2. The smallest absolute Gasteiger partial charge is 1.00 e. The molecule has 0 saturated heterocycles. The summed E-state index contributed by atoms with van der Waals surface area (Å²) in [5.74, 6) is -0.981. The maximum absolute atomic E-state index is 9.25. The number of carboxylic acids is 1. The molecular weight excluding hydrogens is 139 g/mol. The van der Waals surface area contributed by atoms with Gasteiger partial charge in [0.25, 0.3) is 0 Å². The molecule has 0 rings (SSSR count). The number of carbonyl (C=O) groups is 1. The van der Waals surface area contributed by atoms with E-state index < -0.39 is 5.97 Å². The number of rotatable bonds is 2. The standard InChI is InChI=1S/C4H6.C3H4O2.Na.H/c1-3-4-2;1-2-3(4)5;;/h3-4H,1-2H2;2H,1H2,(H,4,5);;/q;;+1;-1. The molecule has 0 amide bonds. The second-order valence-corrected chi connectivity index (χ2v) is 1.01. The minimum atomic E-state index is -0.981. The number of carboxylic acid groups (broad SMARTS) is 1. The maximum atomic E-state index is 9.25. The molecule has 0 aromatic heterocycles. The van der Waals surface area contributed by atoms with Crippen molar-refractivity contribution in [2.24, 2.45) is 0 Å². The van der Waals surface area contributed by atoms with E-state index in [2.05, 4.69) is 19.7 Å². The first-order valence-corrected chi connectivity index (χ1v) is 2.27. The second kappa shape index (κ2) is 15.9. The Labute approximate surface area is 84.7 Å². The van der Waals surface area contributed by atoms with Crippen LogP contribution in [0.2, 0.25) is 0 Å². The van der Waals surface area contributed by atoms with Gasteiger partial charge in [0.1, 0.15) is 0 Å². The van der Waals surface area contributed by atoms with Gasteiger partial charge in [-0.3, -0.25) is 0 Å². The van der Waals surface area contributed by atoms with E-state index in [1.165, 1.54) is 0 Å². The van der Waals surface area contributed by atoms with E-state index in [0.717, 1.165) is 6.08 Å². The van der Waals surface area contributed by atoms with Gasteiger partial charge in [-0.15, -0.1) is 0 Å². The van der Waals surface area contributed by atoms with Gasteiger partial charge >= 0.3 is 35.5 Å². The van der Waals surface area contributed by atoms with Gasteiger partial charge in [0.05, 0.1) is 0 Å². The van der Waals surface area contributed by atoms with Gasteiger partial charge in [0.2, 0.25) is 0 Å². The molecule has 0 spiro atoms. The minimum absolute atomic E-state index is 0. The molecule has 0 bridgehead atoms. The van der Waals surface area contributed by atoms with Crippen molar-refractivity contribution in [2.75, 3.05) is 0 Å². The first kappa shape index (κ1) is 16.3. The Bertz CT molecular complexity index is 118. The molecule has 0 unspecified atom stereocenters. The SMILES string of the molecule is C=CC(=O)O.C=CC=C.[H-].[Na+]. The van der Waals surface area contributed by atoms with E-state index in [0.29, 0.717) is 0 Å². The van der Waals surface area contributed by atoms with Gasteiger partial charge in [-0.25, -0.2) is 4.79 Å². The topological polar surface area (TPSA) is 37.3 Å². The molecule has 0 radical (unpaired) electrons. The van der Waals surface area contributed by atoms with Gasteiger partial charge in [-0.1, -0.05) is 31.9 Å². The number of aliphatic carboxylic acids is 1. The van der Waals surface area contributed by atoms with Crippen molar-refractivity contribution in [1.29, 1.82) is 0 Å². The molecule has 0 atom stereocenters. The zero-order valence-electron chi connectivity index (χ0n) is 7.21. The fourth-order valence-electron chi connectivity index (χ4n) is 0. The van der Waals surface area contributed by atoms with E-state index in [9.17, 15) is 4.79 Å². The summed E-state index contributed by atoms with van der Waals surface area (Å²) < 4.78 is 0. The van der Waals surface area contributed by atoms with Crippen molar-refractivity contribution in [3.8, 4) is 0 Å². The molecule has 10 heavy (non-hydrogen) atoms. The fourth-order valence-corrected chi connectivity index (χ4v) is 0. The summed E-state index contributed by atoms with van der Waals surface area (Å²) >= 11 is 0. The first-order chi connectivity index (χ1) is 4.18. The Morgan fingerprint density at radius 2 is 1.50 bits per heavy atom. The molecule has 0 aromatic rings.